The van der Waals surface area contributed by atoms with E-state index in [1.54, 1.807) is 12.1 Å². The van der Waals surface area contributed by atoms with E-state index in [1.165, 1.54) is 37.4 Å². The van der Waals surface area contributed by atoms with Gasteiger partial charge in [-0.1, -0.05) is 23.7 Å². The maximum atomic E-state index is 13.1. The highest BCUT2D eigenvalue weighted by molar-refractivity contribution is 6.33. The van der Waals surface area contributed by atoms with Crippen molar-refractivity contribution in [3.8, 4) is 0 Å². The van der Waals surface area contributed by atoms with Crippen molar-refractivity contribution < 1.29 is 18.7 Å². The van der Waals surface area contributed by atoms with E-state index in [0.29, 0.717) is 11.3 Å². The molecule has 1 amide bonds. The number of amides is 1. The summed E-state index contributed by atoms with van der Waals surface area (Å²) >= 11 is 5.90. The number of halogens is 2. The standard InChI is InChI=1S/C16H13ClFNO3/c1-22-16(21)13-9-12(5-6-14(13)17)19-15(20)8-10-3-2-4-11(18)7-10/h2-7,9H,8H2,1H3,(H,19,20). The number of hydrogen-bond donors (Lipinski definition) is 1. The van der Waals surface area contributed by atoms with Gasteiger partial charge in [-0.2, -0.15) is 0 Å². The van der Waals surface area contributed by atoms with Crippen molar-refractivity contribution in [3.63, 3.8) is 0 Å². The summed E-state index contributed by atoms with van der Waals surface area (Å²) in [5.41, 5.74) is 1.12. The highest BCUT2D eigenvalue weighted by atomic mass is 35.5. The van der Waals surface area contributed by atoms with Gasteiger partial charge >= 0.3 is 5.97 Å². The Morgan fingerprint density at radius 3 is 2.68 bits per heavy atom. The Kier molecular flexibility index (Phi) is 5.12. The number of methoxy groups -OCH3 is 1. The maximum Gasteiger partial charge on any atom is 0.339 e. The van der Waals surface area contributed by atoms with Crippen molar-refractivity contribution in [1.82, 2.24) is 0 Å². The minimum atomic E-state index is -0.591. The van der Waals surface area contributed by atoms with Crippen LogP contribution >= 0.6 is 11.6 Å². The quantitative estimate of drug-likeness (QED) is 0.878. The van der Waals surface area contributed by atoms with Crippen LogP contribution in [0.1, 0.15) is 15.9 Å². The fraction of sp³-hybridized carbons (Fsp3) is 0.125. The normalized spacial score (nSPS) is 10.1. The molecular weight excluding hydrogens is 309 g/mol. The molecule has 0 unspecified atom stereocenters. The molecule has 0 heterocycles. The van der Waals surface area contributed by atoms with E-state index in [1.807, 2.05) is 0 Å². The molecule has 6 heteroatoms. The molecule has 114 valence electrons. The smallest absolute Gasteiger partial charge is 0.339 e. The van der Waals surface area contributed by atoms with E-state index in [9.17, 15) is 14.0 Å². The molecule has 0 aromatic heterocycles. The molecule has 22 heavy (non-hydrogen) atoms. The van der Waals surface area contributed by atoms with E-state index < -0.39 is 11.8 Å². The third-order valence-corrected chi connectivity index (χ3v) is 3.24. The van der Waals surface area contributed by atoms with Crippen molar-refractivity contribution >= 4 is 29.2 Å². The van der Waals surface area contributed by atoms with Gasteiger partial charge < -0.3 is 10.1 Å². The third-order valence-electron chi connectivity index (χ3n) is 2.91. The molecule has 0 saturated carbocycles. The molecule has 2 rings (SSSR count). The molecule has 1 N–H and O–H groups in total. The first-order valence-corrected chi connectivity index (χ1v) is 6.79. The van der Waals surface area contributed by atoms with Gasteiger partial charge in [0.2, 0.25) is 5.91 Å². The van der Waals surface area contributed by atoms with Crippen molar-refractivity contribution in [2.75, 3.05) is 12.4 Å². The zero-order chi connectivity index (χ0) is 16.1. The summed E-state index contributed by atoms with van der Waals surface area (Å²) in [6.07, 6.45) is 0.0218. The summed E-state index contributed by atoms with van der Waals surface area (Å²) in [4.78, 5) is 23.5. The number of rotatable bonds is 4. The van der Waals surface area contributed by atoms with Gasteiger partial charge in [0, 0.05) is 5.69 Å². The van der Waals surface area contributed by atoms with Crippen LogP contribution in [0.25, 0.3) is 0 Å². The Labute approximate surface area is 131 Å². The lowest BCUT2D eigenvalue weighted by atomic mass is 10.1. The van der Waals surface area contributed by atoms with Gasteiger partial charge in [-0.15, -0.1) is 0 Å². The predicted molar refractivity (Wildman–Crippen MR) is 81.5 cm³/mol. The fourth-order valence-electron chi connectivity index (χ4n) is 1.91. The SMILES string of the molecule is COC(=O)c1cc(NC(=O)Cc2cccc(F)c2)ccc1Cl. The molecular formula is C16H13ClFNO3. The van der Waals surface area contributed by atoms with E-state index in [4.69, 9.17) is 11.6 Å². The van der Waals surface area contributed by atoms with Gasteiger partial charge in [0.25, 0.3) is 0 Å². The van der Waals surface area contributed by atoms with Gasteiger partial charge in [-0.25, -0.2) is 9.18 Å². The summed E-state index contributed by atoms with van der Waals surface area (Å²) < 4.78 is 17.7. The Balaban J connectivity index is 2.10. The molecule has 0 radical (unpaired) electrons. The highest BCUT2D eigenvalue weighted by Crippen LogP contribution is 2.21. The number of nitrogens with one attached hydrogen (secondary N) is 1. The third kappa shape index (κ3) is 4.05. The Bertz CT molecular complexity index is 718. The lowest BCUT2D eigenvalue weighted by molar-refractivity contribution is -0.115. The predicted octanol–water partition coefficient (Wildman–Crippen LogP) is 3.45. The lowest BCUT2D eigenvalue weighted by Crippen LogP contribution is -2.15. The first kappa shape index (κ1) is 16.0. The molecule has 0 spiro atoms. The van der Waals surface area contributed by atoms with Gasteiger partial charge in [0.05, 0.1) is 24.1 Å². The monoisotopic (exact) mass is 321 g/mol. The van der Waals surface area contributed by atoms with Crippen LogP contribution in [0.4, 0.5) is 10.1 Å². The number of esters is 1. The largest absolute Gasteiger partial charge is 0.465 e. The molecule has 0 aliphatic carbocycles. The zero-order valence-corrected chi connectivity index (χ0v) is 12.5. The van der Waals surface area contributed by atoms with E-state index >= 15 is 0 Å². The summed E-state index contributed by atoms with van der Waals surface area (Å²) in [5.74, 6) is -1.32. The lowest BCUT2D eigenvalue weighted by Gasteiger charge is -2.08. The van der Waals surface area contributed by atoms with Crippen LogP contribution in [-0.4, -0.2) is 19.0 Å². The summed E-state index contributed by atoms with van der Waals surface area (Å²) in [6, 6.07) is 10.3. The van der Waals surface area contributed by atoms with Crippen LogP contribution in [0, 0.1) is 5.82 Å². The van der Waals surface area contributed by atoms with Crippen LogP contribution in [0.15, 0.2) is 42.5 Å². The van der Waals surface area contributed by atoms with Crippen molar-refractivity contribution in [2.24, 2.45) is 0 Å². The second-order valence-corrected chi connectivity index (χ2v) is 4.95. The van der Waals surface area contributed by atoms with Crippen LogP contribution in [0.5, 0.6) is 0 Å². The average molecular weight is 322 g/mol. The summed E-state index contributed by atoms with van der Waals surface area (Å²) in [5, 5.41) is 2.86. The minimum absolute atomic E-state index is 0.0218. The van der Waals surface area contributed by atoms with Crippen LogP contribution in [0.2, 0.25) is 5.02 Å². The number of carbonyl (C=O) groups is 2. The molecule has 0 saturated heterocycles. The highest BCUT2D eigenvalue weighted by Gasteiger charge is 2.12. The first-order valence-electron chi connectivity index (χ1n) is 6.42. The van der Waals surface area contributed by atoms with Gasteiger partial charge in [0.1, 0.15) is 5.82 Å². The topological polar surface area (TPSA) is 55.4 Å². The van der Waals surface area contributed by atoms with Gasteiger partial charge in [0.15, 0.2) is 0 Å². The molecule has 2 aromatic rings. The molecule has 0 aliphatic rings. The zero-order valence-electron chi connectivity index (χ0n) is 11.7. The van der Waals surface area contributed by atoms with Crippen LogP contribution in [0.3, 0.4) is 0 Å². The second kappa shape index (κ2) is 7.04. The average Bonchev–Trinajstić information content (AvgIpc) is 2.48. The number of benzene rings is 2. The van der Waals surface area contributed by atoms with Crippen molar-refractivity contribution in [3.05, 3.63) is 64.4 Å². The second-order valence-electron chi connectivity index (χ2n) is 4.54. The summed E-state index contributed by atoms with van der Waals surface area (Å²) in [6.45, 7) is 0. The van der Waals surface area contributed by atoms with E-state index in [0.717, 1.165) is 0 Å². The molecule has 0 fully saturated rings. The Hall–Kier alpha value is -2.40. The van der Waals surface area contributed by atoms with Crippen molar-refractivity contribution in [1.29, 1.82) is 0 Å². The number of ether oxygens (including phenoxy) is 1. The fourth-order valence-corrected chi connectivity index (χ4v) is 2.10. The Morgan fingerprint density at radius 1 is 1.23 bits per heavy atom. The first-order chi connectivity index (χ1) is 10.5. The molecule has 2 aromatic carbocycles. The van der Waals surface area contributed by atoms with E-state index in [2.05, 4.69) is 10.1 Å². The number of hydrogen-bond acceptors (Lipinski definition) is 3. The van der Waals surface area contributed by atoms with E-state index in [-0.39, 0.29) is 22.9 Å². The molecule has 4 nitrogen and oxygen atoms in total. The van der Waals surface area contributed by atoms with Crippen LogP contribution < -0.4 is 5.32 Å². The van der Waals surface area contributed by atoms with Gasteiger partial charge in [-0.3, -0.25) is 4.79 Å². The maximum absolute atomic E-state index is 13.1. The number of carbonyl (C=O) groups excluding carboxylic acids is 2. The number of anilines is 1. The molecule has 0 atom stereocenters. The minimum Gasteiger partial charge on any atom is -0.465 e. The van der Waals surface area contributed by atoms with Crippen LogP contribution in [-0.2, 0) is 16.0 Å². The molecule has 0 bridgehead atoms. The van der Waals surface area contributed by atoms with Gasteiger partial charge in [-0.05, 0) is 35.9 Å². The van der Waals surface area contributed by atoms with Crippen molar-refractivity contribution in [2.45, 2.75) is 6.42 Å². The molecule has 0 aliphatic heterocycles. The Morgan fingerprint density at radius 2 is 2.00 bits per heavy atom. The summed E-state index contributed by atoms with van der Waals surface area (Å²) in [7, 11) is 1.24.